The van der Waals surface area contributed by atoms with Crippen LogP contribution in [0.3, 0.4) is 0 Å². The van der Waals surface area contributed by atoms with Crippen LogP contribution < -0.4 is 0 Å². The Hall–Kier alpha value is -0.970. The van der Waals surface area contributed by atoms with E-state index in [1.807, 2.05) is 10.3 Å². The average molecular weight is 224 g/mol. The molecule has 0 aromatic rings. The van der Waals surface area contributed by atoms with Crippen LogP contribution in [0, 0.1) is 0 Å². The highest BCUT2D eigenvalue weighted by Gasteiger charge is 2.45. The van der Waals surface area contributed by atoms with Gasteiger partial charge >= 0.3 is 0 Å². The molecule has 80 valence electrons. The summed E-state index contributed by atoms with van der Waals surface area (Å²) < 4.78 is 0. The zero-order valence-corrected chi connectivity index (χ0v) is 9.13. The number of carbonyl (C=O) groups is 2. The van der Waals surface area contributed by atoms with Crippen molar-refractivity contribution in [2.75, 3.05) is 13.1 Å². The van der Waals surface area contributed by atoms with Gasteiger partial charge in [-0.3, -0.25) is 14.5 Å². The number of hydrogen-bond donors (Lipinski definition) is 0. The number of carbonyl (C=O) groups excluding carboxylic acids is 2. The van der Waals surface area contributed by atoms with Gasteiger partial charge in [-0.1, -0.05) is 0 Å². The number of nitrogens with zero attached hydrogens (tertiary/aromatic N) is 2. The minimum Gasteiger partial charge on any atom is -0.337 e. The van der Waals surface area contributed by atoms with Crippen molar-refractivity contribution >= 4 is 23.6 Å². The topological polar surface area (TPSA) is 40.6 Å². The Morgan fingerprint density at radius 2 is 2.13 bits per heavy atom. The van der Waals surface area contributed by atoms with Gasteiger partial charge in [0.2, 0.25) is 5.91 Å². The number of β-lactam (4-membered cyclic amide) rings is 1. The molecule has 3 aliphatic rings. The average Bonchev–Trinajstić information content (AvgIpc) is 2.82. The lowest BCUT2D eigenvalue weighted by Gasteiger charge is -2.35. The predicted octanol–water partition coefficient (Wildman–Crippen LogP) is 0.755. The lowest BCUT2D eigenvalue weighted by Crippen LogP contribution is -2.50. The number of rotatable bonds is 1. The van der Waals surface area contributed by atoms with E-state index < -0.39 is 0 Å². The molecule has 0 aromatic heterocycles. The van der Waals surface area contributed by atoms with Gasteiger partial charge < -0.3 is 4.90 Å². The van der Waals surface area contributed by atoms with Crippen LogP contribution in [0.5, 0.6) is 0 Å². The molecule has 3 heterocycles. The summed E-state index contributed by atoms with van der Waals surface area (Å²) in [6.45, 7) is 1.68. The number of fused-ring (bicyclic) bond motifs is 1. The highest BCUT2D eigenvalue weighted by molar-refractivity contribution is 8.03. The molecule has 0 aromatic carbocycles. The maximum atomic E-state index is 12.0. The zero-order valence-electron chi connectivity index (χ0n) is 8.31. The molecule has 2 amide bonds. The molecule has 0 spiro atoms. The molecule has 4 nitrogen and oxygen atoms in total. The molecule has 2 saturated heterocycles. The molecule has 0 aliphatic carbocycles. The van der Waals surface area contributed by atoms with Gasteiger partial charge in [-0.2, -0.15) is 0 Å². The summed E-state index contributed by atoms with van der Waals surface area (Å²) in [5, 5.41) is 2.05. The molecule has 1 unspecified atom stereocenters. The van der Waals surface area contributed by atoms with E-state index in [1.54, 1.807) is 16.7 Å². The Labute approximate surface area is 92.3 Å². The first-order chi connectivity index (χ1) is 7.27. The van der Waals surface area contributed by atoms with Crippen molar-refractivity contribution in [3.8, 4) is 0 Å². The predicted molar refractivity (Wildman–Crippen MR) is 56.7 cm³/mol. The van der Waals surface area contributed by atoms with Crippen LogP contribution >= 0.6 is 11.8 Å². The molecule has 3 rings (SSSR count). The molecule has 0 N–H and O–H groups in total. The van der Waals surface area contributed by atoms with Gasteiger partial charge in [0.15, 0.2) is 0 Å². The number of likely N-dealkylation sites (tertiary alicyclic amines) is 1. The van der Waals surface area contributed by atoms with Crippen molar-refractivity contribution < 1.29 is 9.59 Å². The summed E-state index contributed by atoms with van der Waals surface area (Å²) >= 11 is 1.59. The highest BCUT2D eigenvalue weighted by Crippen LogP contribution is 2.41. The first kappa shape index (κ1) is 9.27. The van der Waals surface area contributed by atoms with Gasteiger partial charge in [-0.25, -0.2) is 0 Å². The summed E-state index contributed by atoms with van der Waals surface area (Å²) in [5.74, 6) is 0.124. The van der Waals surface area contributed by atoms with Crippen molar-refractivity contribution in [2.45, 2.75) is 24.6 Å². The summed E-state index contributed by atoms with van der Waals surface area (Å²) in [4.78, 5) is 26.9. The minimum atomic E-state index is 0.0375. The second-order valence-corrected chi connectivity index (χ2v) is 5.11. The molecule has 3 aliphatic heterocycles. The Balaban J connectivity index is 1.76. The summed E-state index contributed by atoms with van der Waals surface area (Å²) in [7, 11) is 0. The van der Waals surface area contributed by atoms with Crippen LogP contribution in [0.4, 0.5) is 0 Å². The summed E-state index contributed by atoms with van der Waals surface area (Å²) in [6.07, 6.45) is 2.75. The summed E-state index contributed by atoms with van der Waals surface area (Å²) in [5.41, 5.74) is 0.600. The van der Waals surface area contributed by atoms with Gasteiger partial charge in [-0.05, 0) is 12.8 Å². The van der Waals surface area contributed by atoms with Crippen LogP contribution in [-0.4, -0.2) is 40.1 Å². The van der Waals surface area contributed by atoms with E-state index >= 15 is 0 Å². The van der Waals surface area contributed by atoms with E-state index in [9.17, 15) is 9.59 Å². The van der Waals surface area contributed by atoms with Gasteiger partial charge in [0, 0.05) is 18.5 Å². The van der Waals surface area contributed by atoms with Gasteiger partial charge in [-0.15, -0.1) is 11.8 Å². The largest absolute Gasteiger partial charge is 0.337 e. The Bertz CT molecular complexity index is 360. The number of thioether (sulfide) groups is 1. The second kappa shape index (κ2) is 3.27. The molecule has 5 heteroatoms. The van der Waals surface area contributed by atoms with Crippen LogP contribution in [0.25, 0.3) is 0 Å². The molecule has 15 heavy (non-hydrogen) atoms. The first-order valence-electron chi connectivity index (χ1n) is 5.24. The SMILES string of the molecule is O=C(C1=CSC2CC(=O)N12)N1CCCC1. The minimum absolute atomic E-state index is 0.0375. The van der Waals surface area contributed by atoms with Crippen molar-refractivity contribution in [3.63, 3.8) is 0 Å². The van der Waals surface area contributed by atoms with Gasteiger partial charge in [0.25, 0.3) is 5.91 Å². The van der Waals surface area contributed by atoms with E-state index in [2.05, 4.69) is 0 Å². The molecule has 0 saturated carbocycles. The molecule has 0 bridgehead atoms. The van der Waals surface area contributed by atoms with Crippen molar-refractivity contribution in [2.24, 2.45) is 0 Å². The number of amides is 2. The van der Waals surface area contributed by atoms with Crippen molar-refractivity contribution in [1.82, 2.24) is 9.80 Å². The standard InChI is InChI=1S/C10H12N2O2S/c13-8-5-9-12(8)7(6-15-9)10(14)11-3-1-2-4-11/h6,9H,1-5H2. The molecule has 2 fully saturated rings. The molecular weight excluding hydrogens is 212 g/mol. The normalized spacial score (nSPS) is 28.9. The fourth-order valence-corrected chi connectivity index (χ4v) is 3.31. The third-order valence-corrected chi connectivity index (χ3v) is 4.17. The Kier molecular flexibility index (Phi) is 2.02. The van der Waals surface area contributed by atoms with Gasteiger partial charge in [0.05, 0.1) is 11.8 Å². The lowest BCUT2D eigenvalue weighted by molar-refractivity contribution is -0.142. The third-order valence-electron chi connectivity index (χ3n) is 3.11. The third kappa shape index (κ3) is 1.29. The van der Waals surface area contributed by atoms with E-state index in [0.717, 1.165) is 25.9 Å². The van der Waals surface area contributed by atoms with Crippen molar-refractivity contribution in [3.05, 3.63) is 11.1 Å². The second-order valence-electron chi connectivity index (χ2n) is 4.06. The van der Waals surface area contributed by atoms with Crippen LogP contribution in [-0.2, 0) is 9.59 Å². The quantitative estimate of drug-likeness (QED) is 0.617. The van der Waals surface area contributed by atoms with E-state index in [-0.39, 0.29) is 17.2 Å². The van der Waals surface area contributed by atoms with Crippen LogP contribution in [0.1, 0.15) is 19.3 Å². The first-order valence-corrected chi connectivity index (χ1v) is 6.18. The summed E-state index contributed by atoms with van der Waals surface area (Å²) in [6, 6.07) is 0. The Morgan fingerprint density at radius 3 is 2.80 bits per heavy atom. The van der Waals surface area contributed by atoms with Crippen LogP contribution in [0.2, 0.25) is 0 Å². The van der Waals surface area contributed by atoms with Crippen LogP contribution in [0.15, 0.2) is 11.1 Å². The highest BCUT2D eigenvalue weighted by atomic mass is 32.2. The lowest BCUT2D eigenvalue weighted by atomic mass is 10.1. The molecule has 1 atom stereocenters. The molecule has 0 radical (unpaired) electrons. The van der Waals surface area contributed by atoms with E-state index in [1.165, 1.54) is 0 Å². The number of hydrogen-bond acceptors (Lipinski definition) is 3. The van der Waals surface area contributed by atoms with Crippen molar-refractivity contribution in [1.29, 1.82) is 0 Å². The zero-order chi connectivity index (χ0) is 10.4. The smallest absolute Gasteiger partial charge is 0.271 e. The molecular formula is C10H12N2O2S. The maximum Gasteiger partial charge on any atom is 0.271 e. The fraction of sp³-hybridized carbons (Fsp3) is 0.600. The van der Waals surface area contributed by atoms with Gasteiger partial charge in [0.1, 0.15) is 5.70 Å². The maximum absolute atomic E-state index is 12.0. The fourth-order valence-electron chi connectivity index (χ4n) is 2.22. The Morgan fingerprint density at radius 1 is 1.40 bits per heavy atom. The van der Waals surface area contributed by atoms with E-state index in [4.69, 9.17) is 0 Å². The van der Waals surface area contributed by atoms with E-state index in [0.29, 0.717) is 12.1 Å². The monoisotopic (exact) mass is 224 g/mol.